The molecule has 0 fully saturated rings. The zero-order valence-corrected chi connectivity index (χ0v) is 20.8. The Morgan fingerprint density at radius 1 is 0.447 bits per heavy atom. The normalized spacial score (nSPS) is 13.8. The number of alkyl halides is 3. The van der Waals surface area contributed by atoms with Crippen LogP contribution in [-0.2, 0) is 19.0 Å². The monoisotopic (exact) mass is 502 g/mol. The van der Waals surface area contributed by atoms with Crippen LogP contribution in [0.5, 0.6) is 0 Å². The van der Waals surface area contributed by atoms with Crippen molar-refractivity contribution in [3.05, 3.63) is 120 Å². The Bertz CT molecular complexity index is 1800. The van der Waals surface area contributed by atoms with Crippen LogP contribution in [-0.4, -0.2) is 0 Å². The van der Waals surface area contributed by atoms with Crippen LogP contribution in [0.15, 0.2) is 103 Å². The van der Waals surface area contributed by atoms with Crippen LogP contribution < -0.4 is 0 Å². The number of benzene rings is 6. The first kappa shape index (κ1) is 23.0. The quantitative estimate of drug-likeness (QED) is 0.207. The minimum Gasteiger partial charge on any atom is -0.166 e. The zero-order chi connectivity index (χ0) is 25.9. The molecule has 0 atom stereocenters. The molecule has 0 heterocycles. The molecule has 0 saturated heterocycles. The maximum atomic E-state index is 13.9. The third kappa shape index (κ3) is 3.53. The fourth-order valence-corrected chi connectivity index (χ4v) is 6.49. The number of rotatable bonds is 2. The second-order valence-corrected chi connectivity index (χ2v) is 10.2. The minimum absolute atomic E-state index is 0.229. The summed E-state index contributed by atoms with van der Waals surface area (Å²) in [5.41, 5.74) is 6.56. The molecule has 6 aromatic carbocycles. The van der Waals surface area contributed by atoms with E-state index in [0.717, 1.165) is 45.5 Å². The molecule has 0 radical (unpaired) electrons. The van der Waals surface area contributed by atoms with Gasteiger partial charge in [-0.25, -0.2) is 0 Å². The van der Waals surface area contributed by atoms with E-state index < -0.39 is 11.7 Å². The van der Waals surface area contributed by atoms with Crippen molar-refractivity contribution in [2.45, 2.75) is 31.9 Å². The summed E-state index contributed by atoms with van der Waals surface area (Å²) < 4.78 is 41.8. The fourth-order valence-electron chi connectivity index (χ4n) is 6.49. The molecule has 0 bridgehead atoms. The van der Waals surface area contributed by atoms with E-state index in [-0.39, 0.29) is 5.39 Å². The molecule has 0 unspecified atom stereocenters. The summed E-state index contributed by atoms with van der Waals surface area (Å²) in [4.78, 5) is 0. The van der Waals surface area contributed by atoms with Crippen LogP contribution in [0, 0.1) is 0 Å². The summed E-state index contributed by atoms with van der Waals surface area (Å²) in [6.07, 6.45) is 0.167. The Morgan fingerprint density at radius 3 is 1.58 bits per heavy atom. The maximum absolute atomic E-state index is 13.9. The summed E-state index contributed by atoms with van der Waals surface area (Å²) in [5.74, 6) is 0. The van der Waals surface area contributed by atoms with Crippen molar-refractivity contribution in [1.29, 1.82) is 0 Å². The molecule has 38 heavy (non-hydrogen) atoms. The highest BCUT2D eigenvalue weighted by Gasteiger charge is 2.33. The smallest absolute Gasteiger partial charge is 0.166 e. The Hall–Kier alpha value is -4.11. The van der Waals surface area contributed by atoms with Gasteiger partial charge in [0.15, 0.2) is 0 Å². The van der Waals surface area contributed by atoms with E-state index in [2.05, 4.69) is 54.6 Å². The first-order valence-electron chi connectivity index (χ1n) is 13.2. The van der Waals surface area contributed by atoms with Crippen molar-refractivity contribution >= 4 is 32.3 Å². The highest BCUT2D eigenvalue weighted by Crippen LogP contribution is 2.48. The number of aryl methyl sites for hydroxylation is 1. The second-order valence-electron chi connectivity index (χ2n) is 10.2. The van der Waals surface area contributed by atoms with Gasteiger partial charge in [0.1, 0.15) is 0 Å². The number of halogens is 3. The molecule has 1 aliphatic carbocycles. The third-order valence-electron chi connectivity index (χ3n) is 8.10. The van der Waals surface area contributed by atoms with Crippen molar-refractivity contribution in [2.75, 3.05) is 0 Å². The Kier molecular flexibility index (Phi) is 5.29. The van der Waals surface area contributed by atoms with E-state index in [1.165, 1.54) is 41.2 Å². The van der Waals surface area contributed by atoms with Gasteiger partial charge in [0, 0.05) is 0 Å². The largest absolute Gasteiger partial charge is 0.417 e. The van der Waals surface area contributed by atoms with Crippen LogP contribution >= 0.6 is 0 Å². The Balaban J connectivity index is 1.63. The van der Waals surface area contributed by atoms with Crippen LogP contribution in [0.25, 0.3) is 54.6 Å². The van der Waals surface area contributed by atoms with Crippen molar-refractivity contribution < 1.29 is 13.2 Å². The van der Waals surface area contributed by atoms with E-state index in [1.54, 1.807) is 18.2 Å². The molecule has 6 aromatic rings. The van der Waals surface area contributed by atoms with Gasteiger partial charge in [0.2, 0.25) is 0 Å². The van der Waals surface area contributed by atoms with Gasteiger partial charge in [0.05, 0.1) is 5.56 Å². The zero-order valence-electron chi connectivity index (χ0n) is 20.8. The van der Waals surface area contributed by atoms with Crippen molar-refractivity contribution in [2.24, 2.45) is 0 Å². The molecule has 0 saturated carbocycles. The summed E-state index contributed by atoms with van der Waals surface area (Å²) in [6.45, 7) is 0. The van der Waals surface area contributed by atoms with Gasteiger partial charge in [-0.3, -0.25) is 0 Å². The molecule has 0 nitrogen and oxygen atoms in total. The van der Waals surface area contributed by atoms with E-state index in [1.807, 2.05) is 24.3 Å². The van der Waals surface area contributed by atoms with Crippen molar-refractivity contribution in [3.8, 4) is 22.3 Å². The van der Waals surface area contributed by atoms with Gasteiger partial charge in [0.25, 0.3) is 0 Å². The lowest BCUT2D eigenvalue weighted by Gasteiger charge is -2.23. The van der Waals surface area contributed by atoms with Gasteiger partial charge >= 0.3 is 6.18 Å². The maximum Gasteiger partial charge on any atom is 0.417 e. The average Bonchev–Trinajstić information content (AvgIpc) is 2.95. The Labute approximate surface area is 219 Å². The molecule has 7 rings (SSSR count). The lowest BCUT2D eigenvalue weighted by Crippen LogP contribution is -2.06. The molecule has 0 aromatic heterocycles. The number of fused-ring (bicyclic) bond motifs is 4. The molecule has 0 N–H and O–H groups in total. The molecule has 0 aliphatic heterocycles. The standard InChI is InChI=1S/C35H25F3/c36-35(37,38)32-21-20-31(24-13-3-4-14-25(24)32)34-29-17-7-5-15-27(29)33(28-16-6-8-18-30(28)34)26-19-9-11-22-10-1-2-12-23(22)26/h3-9,11,13-21H,1-2,10,12H2. The number of hydrogen-bond acceptors (Lipinski definition) is 0. The van der Waals surface area contributed by atoms with Crippen LogP contribution in [0.3, 0.4) is 0 Å². The first-order valence-corrected chi connectivity index (χ1v) is 13.2. The minimum atomic E-state index is -4.42. The van der Waals surface area contributed by atoms with E-state index >= 15 is 0 Å². The molecule has 0 spiro atoms. The SMILES string of the molecule is FC(F)(F)c1ccc(-c2c3ccccc3c(-c3cccc4c3CCCC4)c3ccccc23)c2ccccc12. The topological polar surface area (TPSA) is 0 Å². The molecule has 1 aliphatic rings. The van der Waals surface area contributed by atoms with Crippen molar-refractivity contribution in [3.63, 3.8) is 0 Å². The van der Waals surface area contributed by atoms with Crippen molar-refractivity contribution in [1.82, 2.24) is 0 Å². The van der Waals surface area contributed by atoms with Gasteiger partial charge < -0.3 is 0 Å². The van der Waals surface area contributed by atoms with E-state index in [9.17, 15) is 13.2 Å². The summed E-state index contributed by atoms with van der Waals surface area (Å²) in [5, 5.41) is 5.21. The molecule has 0 amide bonds. The predicted octanol–water partition coefficient (Wildman–Crippen LogP) is 10.4. The van der Waals surface area contributed by atoms with Gasteiger partial charge in [-0.05, 0) is 97.4 Å². The summed E-state index contributed by atoms with van der Waals surface area (Å²) >= 11 is 0. The molecule has 186 valence electrons. The highest BCUT2D eigenvalue weighted by atomic mass is 19.4. The molecular formula is C35H25F3. The Morgan fingerprint density at radius 2 is 0.974 bits per heavy atom. The first-order chi connectivity index (χ1) is 18.5. The molecular weight excluding hydrogens is 477 g/mol. The van der Waals surface area contributed by atoms with Gasteiger partial charge in [-0.1, -0.05) is 97.1 Å². The van der Waals surface area contributed by atoms with Crippen LogP contribution in [0.1, 0.15) is 29.5 Å². The third-order valence-corrected chi connectivity index (χ3v) is 8.10. The fraction of sp³-hybridized carbons (Fsp3) is 0.143. The second kappa shape index (κ2) is 8.73. The lowest BCUT2D eigenvalue weighted by molar-refractivity contribution is -0.136. The summed E-state index contributed by atoms with van der Waals surface area (Å²) in [6, 6.07) is 33.2. The highest BCUT2D eigenvalue weighted by molar-refractivity contribution is 6.23. The predicted molar refractivity (Wildman–Crippen MR) is 151 cm³/mol. The number of hydrogen-bond donors (Lipinski definition) is 0. The van der Waals surface area contributed by atoms with E-state index in [4.69, 9.17) is 0 Å². The van der Waals surface area contributed by atoms with Gasteiger partial charge in [-0.15, -0.1) is 0 Å². The molecule has 3 heteroatoms. The lowest BCUT2D eigenvalue weighted by atomic mass is 9.80. The average molecular weight is 503 g/mol. The van der Waals surface area contributed by atoms with Crippen LogP contribution in [0.2, 0.25) is 0 Å². The van der Waals surface area contributed by atoms with Crippen LogP contribution in [0.4, 0.5) is 13.2 Å². The van der Waals surface area contributed by atoms with E-state index in [0.29, 0.717) is 5.39 Å². The van der Waals surface area contributed by atoms with Gasteiger partial charge in [-0.2, -0.15) is 13.2 Å². The summed E-state index contributed by atoms with van der Waals surface area (Å²) in [7, 11) is 0.